The lowest BCUT2D eigenvalue weighted by Gasteiger charge is -2.26. The molecule has 0 amide bonds. The van der Waals surface area contributed by atoms with Gasteiger partial charge in [0.05, 0.1) is 0 Å². The fraction of sp³-hybridized carbons (Fsp3) is 0.909. The van der Waals surface area contributed by atoms with Gasteiger partial charge in [0.1, 0.15) is 0 Å². The van der Waals surface area contributed by atoms with E-state index in [9.17, 15) is 0 Å². The first-order valence-electron chi connectivity index (χ1n) is 4.92. The molecule has 0 nitrogen and oxygen atoms in total. The van der Waals surface area contributed by atoms with Crippen molar-refractivity contribution in [1.82, 2.24) is 0 Å². The highest BCUT2D eigenvalue weighted by Gasteiger charge is 2.17. The van der Waals surface area contributed by atoms with E-state index in [1.54, 1.807) is 0 Å². The SMILES string of the molecule is [CH2]CC(C)C(CCC)C(C)C. The molecule has 0 spiro atoms. The molecule has 2 atom stereocenters. The van der Waals surface area contributed by atoms with E-state index in [2.05, 4.69) is 34.6 Å². The first kappa shape index (κ1) is 11.0. The molecule has 0 aromatic carbocycles. The Labute approximate surface area is 72.4 Å². The predicted molar refractivity (Wildman–Crippen MR) is 52.4 cm³/mol. The molecule has 11 heavy (non-hydrogen) atoms. The molecule has 0 aliphatic carbocycles. The lowest BCUT2D eigenvalue weighted by molar-refractivity contribution is 0.252. The van der Waals surface area contributed by atoms with Gasteiger partial charge in [0.2, 0.25) is 0 Å². The molecular weight excluding hydrogens is 132 g/mol. The molecule has 0 aromatic rings. The van der Waals surface area contributed by atoms with Gasteiger partial charge in [-0.1, -0.05) is 53.9 Å². The molecule has 0 heterocycles. The Morgan fingerprint density at radius 3 is 2.00 bits per heavy atom. The second-order valence-electron chi connectivity index (χ2n) is 3.96. The molecule has 0 aliphatic rings. The third kappa shape index (κ3) is 3.79. The molecule has 0 fully saturated rings. The van der Waals surface area contributed by atoms with Gasteiger partial charge in [0.25, 0.3) is 0 Å². The lowest BCUT2D eigenvalue weighted by atomic mass is 9.80. The van der Waals surface area contributed by atoms with E-state index in [4.69, 9.17) is 0 Å². The largest absolute Gasteiger partial charge is 0.0654 e. The van der Waals surface area contributed by atoms with Crippen molar-refractivity contribution >= 4 is 0 Å². The standard InChI is InChI=1S/C11H23/c1-6-8-11(9(3)4)10(5)7-2/h9-11H,2,6-8H2,1,3-5H3. The van der Waals surface area contributed by atoms with E-state index >= 15 is 0 Å². The summed E-state index contributed by atoms with van der Waals surface area (Å²) in [7, 11) is 0. The highest BCUT2D eigenvalue weighted by Crippen LogP contribution is 2.27. The van der Waals surface area contributed by atoms with Crippen molar-refractivity contribution in [2.75, 3.05) is 0 Å². The summed E-state index contributed by atoms with van der Waals surface area (Å²) in [6.45, 7) is 13.2. The summed E-state index contributed by atoms with van der Waals surface area (Å²) in [5.41, 5.74) is 0. The van der Waals surface area contributed by atoms with Crippen LogP contribution in [0.5, 0.6) is 0 Å². The predicted octanol–water partition coefficient (Wildman–Crippen LogP) is 3.92. The average molecular weight is 155 g/mol. The molecule has 0 N–H and O–H groups in total. The van der Waals surface area contributed by atoms with Crippen LogP contribution in [0.15, 0.2) is 0 Å². The van der Waals surface area contributed by atoms with Crippen molar-refractivity contribution in [2.45, 2.75) is 47.0 Å². The van der Waals surface area contributed by atoms with Crippen LogP contribution in [0.3, 0.4) is 0 Å². The summed E-state index contributed by atoms with van der Waals surface area (Å²) in [5, 5.41) is 0. The van der Waals surface area contributed by atoms with Gasteiger partial charge >= 0.3 is 0 Å². The molecule has 0 saturated carbocycles. The van der Waals surface area contributed by atoms with Crippen LogP contribution in [0.1, 0.15) is 47.0 Å². The van der Waals surface area contributed by atoms with Crippen LogP contribution in [-0.2, 0) is 0 Å². The Bertz CT molecular complexity index is 84.0. The first-order valence-corrected chi connectivity index (χ1v) is 4.92. The van der Waals surface area contributed by atoms with Crippen LogP contribution < -0.4 is 0 Å². The minimum Gasteiger partial charge on any atom is -0.0654 e. The maximum Gasteiger partial charge on any atom is -0.0365 e. The van der Waals surface area contributed by atoms with Crippen LogP contribution in [0.25, 0.3) is 0 Å². The summed E-state index contributed by atoms with van der Waals surface area (Å²) >= 11 is 0. The molecule has 0 aromatic heterocycles. The molecular formula is C11H23. The normalized spacial score (nSPS) is 16.9. The number of hydrogen-bond donors (Lipinski definition) is 0. The van der Waals surface area contributed by atoms with Crippen LogP contribution in [0, 0.1) is 24.7 Å². The van der Waals surface area contributed by atoms with Gasteiger partial charge in [-0.25, -0.2) is 0 Å². The Hall–Kier alpha value is 0. The fourth-order valence-electron chi connectivity index (χ4n) is 1.82. The topological polar surface area (TPSA) is 0 Å². The fourth-order valence-corrected chi connectivity index (χ4v) is 1.82. The van der Waals surface area contributed by atoms with Gasteiger partial charge in [0, 0.05) is 0 Å². The minimum atomic E-state index is 0.801. The smallest absolute Gasteiger partial charge is 0.0365 e. The molecule has 2 unspecified atom stereocenters. The molecule has 1 radical (unpaired) electrons. The van der Waals surface area contributed by atoms with Crippen molar-refractivity contribution in [3.8, 4) is 0 Å². The summed E-state index contributed by atoms with van der Waals surface area (Å²) < 4.78 is 0. The Morgan fingerprint density at radius 1 is 1.18 bits per heavy atom. The Kier molecular flexibility index (Phi) is 5.62. The van der Waals surface area contributed by atoms with Crippen molar-refractivity contribution in [1.29, 1.82) is 0 Å². The second kappa shape index (κ2) is 5.62. The van der Waals surface area contributed by atoms with Crippen LogP contribution >= 0.6 is 0 Å². The summed E-state index contributed by atoms with van der Waals surface area (Å²) in [6, 6.07) is 0. The minimum absolute atomic E-state index is 0.801. The molecule has 0 rings (SSSR count). The molecule has 0 heteroatoms. The lowest BCUT2D eigenvalue weighted by Crippen LogP contribution is -2.17. The van der Waals surface area contributed by atoms with Crippen molar-refractivity contribution in [3.05, 3.63) is 6.92 Å². The van der Waals surface area contributed by atoms with Gasteiger partial charge in [0.15, 0.2) is 0 Å². The molecule has 67 valence electrons. The highest BCUT2D eigenvalue weighted by molar-refractivity contribution is 4.69. The zero-order valence-electron chi connectivity index (χ0n) is 8.56. The van der Waals surface area contributed by atoms with Gasteiger partial charge in [-0.05, 0) is 17.8 Å². The number of rotatable bonds is 5. The Balaban J connectivity index is 3.87. The van der Waals surface area contributed by atoms with Gasteiger partial charge in [-0.3, -0.25) is 0 Å². The van der Waals surface area contributed by atoms with Crippen molar-refractivity contribution < 1.29 is 0 Å². The van der Waals surface area contributed by atoms with E-state index < -0.39 is 0 Å². The van der Waals surface area contributed by atoms with Crippen LogP contribution in [-0.4, -0.2) is 0 Å². The third-order valence-electron chi connectivity index (χ3n) is 2.66. The van der Waals surface area contributed by atoms with E-state index in [1.165, 1.54) is 12.8 Å². The summed E-state index contributed by atoms with van der Waals surface area (Å²) in [6.07, 6.45) is 3.77. The summed E-state index contributed by atoms with van der Waals surface area (Å²) in [5.74, 6) is 2.51. The maximum atomic E-state index is 3.97. The van der Waals surface area contributed by atoms with E-state index in [0.717, 1.165) is 24.2 Å². The van der Waals surface area contributed by atoms with Gasteiger partial charge in [-0.2, -0.15) is 0 Å². The van der Waals surface area contributed by atoms with Crippen LogP contribution in [0.4, 0.5) is 0 Å². The van der Waals surface area contributed by atoms with Crippen LogP contribution in [0.2, 0.25) is 0 Å². The maximum absolute atomic E-state index is 3.97. The number of hydrogen-bond acceptors (Lipinski definition) is 0. The van der Waals surface area contributed by atoms with E-state index in [-0.39, 0.29) is 0 Å². The molecule has 0 aliphatic heterocycles. The quantitative estimate of drug-likeness (QED) is 0.564. The Morgan fingerprint density at radius 2 is 1.73 bits per heavy atom. The summed E-state index contributed by atoms with van der Waals surface area (Å²) in [4.78, 5) is 0. The zero-order chi connectivity index (χ0) is 8.85. The molecule has 0 bridgehead atoms. The highest BCUT2D eigenvalue weighted by atomic mass is 14.2. The zero-order valence-corrected chi connectivity index (χ0v) is 8.56. The first-order chi connectivity index (χ1) is 5.13. The average Bonchev–Trinajstić information content (AvgIpc) is 1.98. The van der Waals surface area contributed by atoms with E-state index in [0.29, 0.717) is 0 Å². The van der Waals surface area contributed by atoms with E-state index in [1.807, 2.05) is 0 Å². The van der Waals surface area contributed by atoms with Crippen molar-refractivity contribution in [3.63, 3.8) is 0 Å². The van der Waals surface area contributed by atoms with Gasteiger partial charge in [-0.15, -0.1) is 0 Å². The van der Waals surface area contributed by atoms with Crippen molar-refractivity contribution in [2.24, 2.45) is 17.8 Å². The van der Waals surface area contributed by atoms with Gasteiger partial charge < -0.3 is 0 Å². The third-order valence-corrected chi connectivity index (χ3v) is 2.66. The monoisotopic (exact) mass is 155 g/mol. The second-order valence-corrected chi connectivity index (χ2v) is 3.96. The molecule has 0 saturated heterocycles.